The van der Waals surface area contributed by atoms with Crippen LogP contribution in [0.25, 0.3) is 10.8 Å². The van der Waals surface area contributed by atoms with E-state index < -0.39 is 0 Å². The standard InChI is InChI=1S/C11H9N3O2/c1-6-2-9-7(4-10(6)13-15)3-8(12)5-11(9)14-16/h2-5H,12H2,1H3. The first-order valence-electron chi connectivity index (χ1n) is 4.66. The van der Waals surface area contributed by atoms with Crippen molar-refractivity contribution < 1.29 is 0 Å². The van der Waals surface area contributed by atoms with E-state index in [4.69, 9.17) is 5.73 Å². The van der Waals surface area contributed by atoms with E-state index in [0.717, 1.165) is 0 Å². The summed E-state index contributed by atoms with van der Waals surface area (Å²) in [5, 5.41) is 7.19. The predicted octanol–water partition coefficient (Wildman–Crippen LogP) is 3.53. The molecule has 0 saturated heterocycles. The molecule has 0 unspecified atom stereocenters. The first-order valence-corrected chi connectivity index (χ1v) is 4.66. The van der Waals surface area contributed by atoms with Crippen LogP contribution in [-0.2, 0) is 0 Å². The highest BCUT2D eigenvalue weighted by Crippen LogP contribution is 2.33. The molecule has 5 nitrogen and oxygen atoms in total. The fourth-order valence-corrected chi connectivity index (χ4v) is 1.68. The van der Waals surface area contributed by atoms with Gasteiger partial charge >= 0.3 is 0 Å². The molecule has 0 spiro atoms. The van der Waals surface area contributed by atoms with Gasteiger partial charge in [-0.1, -0.05) is 0 Å². The number of aryl methyl sites for hydroxylation is 1. The molecule has 0 saturated carbocycles. The van der Waals surface area contributed by atoms with Gasteiger partial charge in [0.05, 0.1) is 0 Å². The van der Waals surface area contributed by atoms with Crippen molar-refractivity contribution in [2.75, 3.05) is 5.73 Å². The number of nitroso groups, excluding NO2 is 2. The highest BCUT2D eigenvalue weighted by Gasteiger charge is 2.07. The molecule has 0 fully saturated rings. The normalized spacial score (nSPS) is 10.3. The second-order valence-corrected chi connectivity index (χ2v) is 3.58. The number of nitrogens with two attached hydrogens (primary N) is 1. The Labute approximate surface area is 91.2 Å². The van der Waals surface area contributed by atoms with Crippen LogP contribution in [0.4, 0.5) is 17.1 Å². The van der Waals surface area contributed by atoms with E-state index in [-0.39, 0.29) is 5.69 Å². The van der Waals surface area contributed by atoms with Gasteiger partial charge in [0, 0.05) is 11.1 Å². The van der Waals surface area contributed by atoms with Gasteiger partial charge in [-0.3, -0.25) is 0 Å². The minimum Gasteiger partial charge on any atom is -0.399 e. The van der Waals surface area contributed by atoms with E-state index >= 15 is 0 Å². The molecule has 0 amide bonds. The molecule has 0 aliphatic heterocycles. The number of nitrogen functional groups attached to an aromatic ring is 1. The Balaban J connectivity index is 2.89. The minimum absolute atomic E-state index is 0.274. The maximum atomic E-state index is 10.6. The van der Waals surface area contributed by atoms with Crippen molar-refractivity contribution in [3.63, 3.8) is 0 Å². The first kappa shape index (κ1) is 10.2. The van der Waals surface area contributed by atoms with Gasteiger partial charge in [0.2, 0.25) is 0 Å². The van der Waals surface area contributed by atoms with Gasteiger partial charge in [-0.05, 0) is 52.5 Å². The number of hydrogen-bond acceptors (Lipinski definition) is 5. The van der Waals surface area contributed by atoms with Crippen LogP contribution in [0.2, 0.25) is 0 Å². The van der Waals surface area contributed by atoms with Crippen molar-refractivity contribution in [1.82, 2.24) is 0 Å². The third kappa shape index (κ3) is 1.52. The smallest absolute Gasteiger partial charge is 0.117 e. The van der Waals surface area contributed by atoms with E-state index in [1.54, 1.807) is 25.1 Å². The lowest BCUT2D eigenvalue weighted by atomic mass is 10.0. The molecule has 2 aromatic carbocycles. The van der Waals surface area contributed by atoms with Gasteiger partial charge in [-0.2, -0.15) is 0 Å². The zero-order chi connectivity index (χ0) is 11.7. The van der Waals surface area contributed by atoms with Crippen LogP contribution in [0, 0.1) is 16.7 Å². The van der Waals surface area contributed by atoms with E-state index in [2.05, 4.69) is 10.4 Å². The van der Waals surface area contributed by atoms with Gasteiger partial charge in [-0.15, -0.1) is 9.81 Å². The third-order valence-corrected chi connectivity index (χ3v) is 2.47. The molecule has 0 aliphatic rings. The largest absolute Gasteiger partial charge is 0.399 e. The molecule has 2 N–H and O–H groups in total. The predicted molar refractivity (Wildman–Crippen MR) is 64.0 cm³/mol. The Morgan fingerprint density at radius 2 is 1.69 bits per heavy atom. The lowest BCUT2D eigenvalue weighted by molar-refractivity contribution is 1.40. The molecular formula is C11H9N3O2. The summed E-state index contributed by atoms with van der Waals surface area (Å²) in [6.07, 6.45) is 0. The Morgan fingerprint density at radius 1 is 1.00 bits per heavy atom. The second-order valence-electron chi connectivity index (χ2n) is 3.58. The van der Waals surface area contributed by atoms with E-state index in [1.807, 2.05) is 0 Å². The first-order chi connectivity index (χ1) is 7.65. The zero-order valence-corrected chi connectivity index (χ0v) is 8.60. The highest BCUT2D eigenvalue weighted by molar-refractivity contribution is 5.97. The third-order valence-electron chi connectivity index (χ3n) is 2.47. The molecular weight excluding hydrogens is 206 g/mol. The number of fused-ring (bicyclic) bond motifs is 1. The molecule has 0 atom stereocenters. The van der Waals surface area contributed by atoms with Crippen LogP contribution in [0.3, 0.4) is 0 Å². The van der Waals surface area contributed by atoms with E-state index in [9.17, 15) is 9.81 Å². The highest BCUT2D eigenvalue weighted by atomic mass is 16.3. The fourth-order valence-electron chi connectivity index (χ4n) is 1.68. The van der Waals surface area contributed by atoms with Gasteiger partial charge in [-0.25, -0.2) is 0 Å². The molecule has 5 heteroatoms. The molecule has 0 heterocycles. The average Bonchev–Trinajstić information content (AvgIpc) is 2.28. The van der Waals surface area contributed by atoms with Crippen LogP contribution < -0.4 is 5.73 Å². The average molecular weight is 215 g/mol. The molecule has 0 radical (unpaired) electrons. The van der Waals surface area contributed by atoms with Crippen molar-refractivity contribution in [1.29, 1.82) is 0 Å². The maximum Gasteiger partial charge on any atom is 0.117 e. The lowest BCUT2D eigenvalue weighted by Crippen LogP contribution is -1.85. The minimum atomic E-state index is 0.274. The molecule has 0 aliphatic carbocycles. The number of nitrogens with zero attached hydrogens (tertiary/aromatic N) is 2. The van der Waals surface area contributed by atoms with Gasteiger partial charge in [0.15, 0.2) is 0 Å². The van der Waals surface area contributed by atoms with Gasteiger partial charge in [0.25, 0.3) is 0 Å². The molecule has 80 valence electrons. The van der Waals surface area contributed by atoms with Crippen LogP contribution in [0.1, 0.15) is 5.56 Å². The zero-order valence-electron chi connectivity index (χ0n) is 8.60. The molecule has 2 rings (SSSR count). The Hall–Kier alpha value is -2.30. The van der Waals surface area contributed by atoms with Crippen molar-refractivity contribution in [2.24, 2.45) is 10.4 Å². The number of rotatable bonds is 2. The topological polar surface area (TPSA) is 84.9 Å². The Bertz CT molecular complexity index is 593. The lowest BCUT2D eigenvalue weighted by Gasteiger charge is -2.05. The molecule has 0 bridgehead atoms. The van der Waals surface area contributed by atoms with Crippen molar-refractivity contribution in [3.05, 3.63) is 39.6 Å². The summed E-state index contributed by atoms with van der Waals surface area (Å²) in [5.74, 6) is 0. The Morgan fingerprint density at radius 3 is 2.31 bits per heavy atom. The summed E-state index contributed by atoms with van der Waals surface area (Å²) < 4.78 is 0. The quantitative estimate of drug-likeness (QED) is 0.614. The summed E-state index contributed by atoms with van der Waals surface area (Å²) in [6, 6.07) is 6.49. The summed E-state index contributed by atoms with van der Waals surface area (Å²) in [4.78, 5) is 21.2. The number of anilines is 1. The summed E-state index contributed by atoms with van der Waals surface area (Å²) >= 11 is 0. The molecule has 0 aromatic heterocycles. The van der Waals surface area contributed by atoms with Crippen LogP contribution in [0.15, 0.2) is 34.6 Å². The van der Waals surface area contributed by atoms with Crippen molar-refractivity contribution in [2.45, 2.75) is 6.92 Å². The van der Waals surface area contributed by atoms with E-state index in [0.29, 0.717) is 27.7 Å². The number of hydrogen-bond donors (Lipinski definition) is 1. The van der Waals surface area contributed by atoms with Crippen LogP contribution >= 0.6 is 0 Å². The fraction of sp³-hybridized carbons (Fsp3) is 0.0909. The monoisotopic (exact) mass is 215 g/mol. The van der Waals surface area contributed by atoms with Crippen molar-refractivity contribution >= 4 is 27.8 Å². The van der Waals surface area contributed by atoms with Crippen molar-refractivity contribution in [3.8, 4) is 0 Å². The van der Waals surface area contributed by atoms with Gasteiger partial charge < -0.3 is 5.73 Å². The van der Waals surface area contributed by atoms with E-state index in [1.165, 1.54) is 6.07 Å². The van der Waals surface area contributed by atoms with Crippen LogP contribution in [-0.4, -0.2) is 0 Å². The van der Waals surface area contributed by atoms with Crippen LogP contribution in [0.5, 0.6) is 0 Å². The summed E-state index contributed by atoms with van der Waals surface area (Å²) in [7, 11) is 0. The molecule has 16 heavy (non-hydrogen) atoms. The SMILES string of the molecule is Cc1cc2c(N=O)cc(N)cc2cc1N=O. The summed E-state index contributed by atoms with van der Waals surface area (Å²) in [5.41, 5.74) is 7.38. The number of benzene rings is 2. The Kier molecular flexibility index (Phi) is 2.36. The maximum absolute atomic E-state index is 10.6. The van der Waals surface area contributed by atoms with Gasteiger partial charge in [0.1, 0.15) is 11.4 Å². The summed E-state index contributed by atoms with van der Waals surface area (Å²) in [6.45, 7) is 1.75. The second kappa shape index (κ2) is 3.69. The molecule has 2 aromatic rings.